The summed E-state index contributed by atoms with van der Waals surface area (Å²) in [7, 11) is 0. The van der Waals surface area contributed by atoms with Gasteiger partial charge in [-0.1, -0.05) is 11.6 Å². The predicted molar refractivity (Wildman–Crippen MR) is 49.0 cm³/mol. The van der Waals surface area contributed by atoms with Crippen LogP contribution in [0.1, 0.15) is 15.9 Å². The Labute approximate surface area is 79.7 Å². The second kappa shape index (κ2) is 3.00. The Balaban J connectivity index is 2.71. The third-order valence-electron chi connectivity index (χ3n) is 2.15. The summed E-state index contributed by atoms with van der Waals surface area (Å²) >= 11 is 5.61. The Morgan fingerprint density at radius 2 is 2.38 bits per heavy atom. The van der Waals surface area contributed by atoms with Gasteiger partial charge < -0.3 is 5.32 Å². The van der Waals surface area contributed by atoms with Crippen molar-refractivity contribution in [2.45, 2.75) is 6.42 Å². The van der Waals surface area contributed by atoms with Crippen molar-refractivity contribution in [1.82, 2.24) is 0 Å². The SMILES string of the molecule is O=Cc1c(F)c(Cl)cc2c1NCC2. The van der Waals surface area contributed by atoms with Gasteiger partial charge >= 0.3 is 0 Å². The first-order chi connectivity index (χ1) is 6.24. The molecule has 13 heavy (non-hydrogen) atoms. The van der Waals surface area contributed by atoms with E-state index in [1.54, 1.807) is 6.07 Å². The smallest absolute Gasteiger partial charge is 0.155 e. The molecule has 1 N–H and O–H groups in total. The fourth-order valence-electron chi connectivity index (χ4n) is 1.54. The summed E-state index contributed by atoms with van der Waals surface area (Å²) in [5.74, 6) is -0.634. The number of aldehydes is 1. The summed E-state index contributed by atoms with van der Waals surface area (Å²) in [4.78, 5) is 10.6. The number of halogens is 2. The highest BCUT2D eigenvalue weighted by molar-refractivity contribution is 6.31. The second-order valence-electron chi connectivity index (χ2n) is 2.91. The van der Waals surface area contributed by atoms with Gasteiger partial charge in [0.15, 0.2) is 12.1 Å². The third kappa shape index (κ3) is 1.20. The number of hydrogen-bond donors (Lipinski definition) is 1. The van der Waals surface area contributed by atoms with Gasteiger partial charge in [-0.25, -0.2) is 4.39 Å². The van der Waals surface area contributed by atoms with Crippen molar-refractivity contribution in [3.63, 3.8) is 0 Å². The summed E-state index contributed by atoms with van der Waals surface area (Å²) in [6, 6.07) is 1.57. The number of hydrogen-bond acceptors (Lipinski definition) is 2. The number of rotatable bonds is 1. The maximum Gasteiger partial charge on any atom is 0.155 e. The Bertz CT molecular complexity index is 378. The van der Waals surface area contributed by atoms with Gasteiger partial charge in [0.25, 0.3) is 0 Å². The molecule has 1 aliphatic rings. The van der Waals surface area contributed by atoms with E-state index in [1.165, 1.54) is 0 Å². The molecule has 0 saturated carbocycles. The van der Waals surface area contributed by atoms with Gasteiger partial charge in [0.1, 0.15) is 0 Å². The molecule has 4 heteroatoms. The van der Waals surface area contributed by atoms with E-state index in [0.29, 0.717) is 12.0 Å². The van der Waals surface area contributed by atoms with Crippen LogP contribution in [0, 0.1) is 5.82 Å². The zero-order chi connectivity index (χ0) is 9.42. The molecule has 0 radical (unpaired) electrons. The molecule has 1 aromatic rings. The molecule has 0 atom stereocenters. The molecule has 0 saturated heterocycles. The highest BCUT2D eigenvalue weighted by Crippen LogP contribution is 2.31. The van der Waals surface area contributed by atoms with Gasteiger partial charge in [-0.15, -0.1) is 0 Å². The van der Waals surface area contributed by atoms with Crippen LogP contribution in [0.15, 0.2) is 6.07 Å². The number of carbonyl (C=O) groups excluding carboxylic acids is 1. The van der Waals surface area contributed by atoms with E-state index >= 15 is 0 Å². The first kappa shape index (κ1) is 8.51. The van der Waals surface area contributed by atoms with Gasteiger partial charge in [-0.2, -0.15) is 0 Å². The summed E-state index contributed by atoms with van der Waals surface area (Å²) < 4.78 is 13.3. The highest BCUT2D eigenvalue weighted by Gasteiger charge is 2.19. The molecule has 2 nitrogen and oxygen atoms in total. The third-order valence-corrected chi connectivity index (χ3v) is 2.43. The van der Waals surface area contributed by atoms with Crippen LogP contribution in [0.3, 0.4) is 0 Å². The minimum absolute atomic E-state index is 0.0181. The Kier molecular flexibility index (Phi) is 1.96. The van der Waals surface area contributed by atoms with Gasteiger partial charge in [-0.05, 0) is 18.1 Å². The van der Waals surface area contributed by atoms with Crippen LogP contribution in [0.4, 0.5) is 10.1 Å². The molecular weight excluding hydrogens is 193 g/mol. The van der Waals surface area contributed by atoms with Crippen molar-refractivity contribution >= 4 is 23.6 Å². The fraction of sp³-hybridized carbons (Fsp3) is 0.222. The van der Waals surface area contributed by atoms with Crippen LogP contribution in [0.25, 0.3) is 0 Å². The van der Waals surface area contributed by atoms with Crippen molar-refractivity contribution in [3.8, 4) is 0 Å². The summed E-state index contributed by atoms with van der Waals surface area (Å²) in [5.41, 5.74) is 1.55. The predicted octanol–water partition coefficient (Wildman–Crippen LogP) is 2.26. The highest BCUT2D eigenvalue weighted by atomic mass is 35.5. The van der Waals surface area contributed by atoms with Crippen LogP contribution in [-0.4, -0.2) is 12.8 Å². The van der Waals surface area contributed by atoms with E-state index < -0.39 is 5.82 Å². The molecule has 0 spiro atoms. The maximum absolute atomic E-state index is 13.3. The molecule has 68 valence electrons. The van der Waals surface area contributed by atoms with Crippen LogP contribution >= 0.6 is 11.6 Å². The number of fused-ring (bicyclic) bond motifs is 1. The number of nitrogens with one attached hydrogen (secondary N) is 1. The topological polar surface area (TPSA) is 29.1 Å². The van der Waals surface area contributed by atoms with Crippen molar-refractivity contribution in [2.24, 2.45) is 0 Å². The first-order valence-corrected chi connectivity index (χ1v) is 4.31. The normalized spacial score (nSPS) is 13.7. The standard InChI is InChI=1S/C9H7ClFNO/c10-7-3-5-1-2-12-9(5)6(4-13)8(7)11/h3-4,12H,1-2H2. The molecule has 0 aliphatic carbocycles. The molecule has 2 rings (SSSR count). The van der Waals surface area contributed by atoms with Crippen molar-refractivity contribution in [1.29, 1.82) is 0 Å². The van der Waals surface area contributed by atoms with Crippen LogP contribution in [-0.2, 0) is 6.42 Å². The molecule has 0 amide bonds. The number of anilines is 1. The monoisotopic (exact) mass is 199 g/mol. The van der Waals surface area contributed by atoms with Crippen LogP contribution in [0.2, 0.25) is 5.02 Å². The van der Waals surface area contributed by atoms with Gasteiger partial charge in [0.2, 0.25) is 0 Å². The second-order valence-corrected chi connectivity index (χ2v) is 3.32. The molecule has 1 aromatic carbocycles. The zero-order valence-electron chi connectivity index (χ0n) is 6.73. The lowest BCUT2D eigenvalue weighted by molar-refractivity contribution is 0.112. The molecule has 1 aliphatic heterocycles. The van der Waals surface area contributed by atoms with Crippen molar-refractivity contribution < 1.29 is 9.18 Å². The van der Waals surface area contributed by atoms with Crippen LogP contribution < -0.4 is 5.32 Å². The van der Waals surface area contributed by atoms with Gasteiger partial charge in [-0.3, -0.25) is 4.79 Å². The van der Waals surface area contributed by atoms with Crippen molar-refractivity contribution in [2.75, 3.05) is 11.9 Å². The van der Waals surface area contributed by atoms with E-state index in [-0.39, 0.29) is 10.6 Å². The average Bonchev–Trinajstić information content (AvgIpc) is 2.54. The van der Waals surface area contributed by atoms with E-state index in [4.69, 9.17) is 11.6 Å². The van der Waals surface area contributed by atoms with E-state index in [1.807, 2.05) is 0 Å². The molecule has 0 fully saturated rings. The molecule has 0 bridgehead atoms. The molecular formula is C9H7ClFNO. The summed E-state index contributed by atoms with van der Waals surface area (Å²) in [6.45, 7) is 0.732. The first-order valence-electron chi connectivity index (χ1n) is 3.94. The number of carbonyl (C=O) groups is 1. The van der Waals surface area contributed by atoms with Gasteiger partial charge in [0.05, 0.1) is 16.3 Å². The Morgan fingerprint density at radius 3 is 3.08 bits per heavy atom. The lowest BCUT2D eigenvalue weighted by Gasteiger charge is -2.05. The number of benzene rings is 1. The molecule has 1 heterocycles. The van der Waals surface area contributed by atoms with E-state index in [9.17, 15) is 9.18 Å². The Morgan fingerprint density at radius 1 is 1.62 bits per heavy atom. The molecule has 0 unspecified atom stereocenters. The van der Waals surface area contributed by atoms with E-state index in [2.05, 4.69) is 5.32 Å². The quantitative estimate of drug-likeness (QED) is 0.703. The lowest BCUT2D eigenvalue weighted by Crippen LogP contribution is -1.98. The largest absolute Gasteiger partial charge is 0.384 e. The maximum atomic E-state index is 13.3. The molecule has 0 aromatic heterocycles. The summed E-state index contributed by atoms with van der Waals surface area (Å²) in [5, 5.41) is 2.98. The van der Waals surface area contributed by atoms with Gasteiger partial charge in [0, 0.05) is 6.54 Å². The lowest BCUT2D eigenvalue weighted by atomic mass is 10.1. The Hall–Kier alpha value is -1.09. The zero-order valence-corrected chi connectivity index (χ0v) is 7.49. The van der Waals surface area contributed by atoms with Crippen LogP contribution in [0.5, 0.6) is 0 Å². The summed E-state index contributed by atoms with van der Waals surface area (Å²) in [6.07, 6.45) is 1.29. The minimum atomic E-state index is -0.634. The van der Waals surface area contributed by atoms with E-state index in [0.717, 1.165) is 18.5 Å². The fourth-order valence-corrected chi connectivity index (χ4v) is 1.77. The average molecular weight is 200 g/mol. The minimum Gasteiger partial charge on any atom is -0.384 e. The van der Waals surface area contributed by atoms with Crippen molar-refractivity contribution in [3.05, 3.63) is 28.0 Å².